The molecule has 2 aliphatic rings. The molecule has 8 heteroatoms. The smallest absolute Gasteiger partial charge is 0.262 e. The van der Waals surface area contributed by atoms with Crippen LogP contribution < -0.4 is 21.3 Å². The zero-order valence-electron chi connectivity index (χ0n) is 15.7. The first-order chi connectivity index (χ1) is 13.5. The van der Waals surface area contributed by atoms with Crippen LogP contribution in [0.15, 0.2) is 29.1 Å². The van der Waals surface area contributed by atoms with Crippen LogP contribution in [0.5, 0.6) is 5.75 Å². The molecule has 28 heavy (non-hydrogen) atoms. The zero-order chi connectivity index (χ0) is 19.8. The van der Waals surface area contributed by atoms with E-state index >= 15 is 0 Å². The Hall–Kier alpha value is -3.13. The summed E-state index contributed by atoms with van der Waals surface area (Å²) in [4.78, 5) is 39.3. The van der Waals surface area contributed by atoms with E-state index in [-0.39, 0.29) is 16.9 Å². The molecule has 1 aromatic carbocycles. The summed E-state index contributed by atoms with van der Waals surface area (Å²) < 4.78 is 6.77. The van der Waals surface area contributed by atoms with Gasteiger partial charge in [-0.25, -0.2) is 0 Å². The predicted octanol–water partition coefficient (Wildman–Crippen LogP) is 0.950. The van der Waals surface area contributed by atoms with Gasteiger partial charge < -0.3 is 15.4 Å². The fourth-order valence-corrected chi connectivity index (χ4v) is 3.98. The third-order valence-electron chi connectivity index (χ3n) is 5.38. The number of benzene rings is 1. The molecule has 3 N–H and O–H groups in total. The fraction of sp³-hybridized carbons (Fsp3) is 0.350. The molecule has 0 radical (unpaired) electrons. The minimum Gasteiger partial charge on any atom is -0.495 e. The Morgan fingerprint density at radius 1 is 1.14 bits per heavy atom. The summed E-state index contributed by atoms with van der Waals surface area (Å²) in [5.74, 6) is -0.778. The summed E-state index contributed by atoms with van der Waals surface area (Å²) in [5, 5.41) is 2.19. The van der Waals surface area contributed by atoms with E-state index in [1.165, 1.54) is 24.5 Å². The number of fused-ring (bicyclic) bond motifs is 1. The molecule has 2 aromatic rings. The van der Waals surface area contributed by atoms with Gasteiger partial charge in [-0.1, -0.05) is 12.1 Å². The molecule has 1 fully saturated rings. The maximum Gasteiger partial charge on any atom is 0.262 e. The third-order valence-corrected chi connectivity index (χ3v) is 5.38. The Bertz CT molecular complexity index is 1020. The number of amides is 2. The highest BCUT2D eigenvalue weighted by Crippen LogP contribution is 2.31. The zero-order valence-corrected chi connectivity index (χ0v) is 15.7. The summed E-state index contributed by atoms with van der Waals surface area (Å²) in [6, 6.07) is 6.70. The van der Waals surface area contributed by atoms with Crippen molar-refractivity contribution < 1.29 is 14.3 Å². The summed E-state index contributed by atoms with van der Waals surface area (Å²) in [6.07, 6.45) is 3.11. The Morgan fingerprint density at radius 3 is 2.61 bits per heavy atom. The number of hydrogen-bond donors (Lipinski definition) is 2. The number of rotatable bonds is 5. The molecule has 0 aliphatic carbocycles. The number of imide groups is 1. The molecule has 0 bridgehead atoms. The summed E-state index contributed by atoms with van der Waals surface area (Å²) in [5.41, 5.74) is 7.18. The van der Waals surface area contributed by atoms with Crippen LogP contribution in [-0.2, 0) is 6.42 Å². The van der Waals surface area contributed by atoms with E-state index < -0.39 is 17.4 Å². The van der Waals surface area contributed by atoms with Gasteiger partial charge in [0.2, 0.25) is 0 Å². The Labute approximate surface area is 161 Å². The lowest BCUT2D eigenvalue weighted by Gasteiger charge is -2.20. The van der Waals surface area contributed by atoms with Crippen LogP contribution in [0.4, 0.5) is 5.82 Å². The number of methoxy groups -OCH3 is 1. The number of nitrogen functional groups attached to an aromatic ring is 1. The van der Waals surface area contributed by atoms with E-state index in [0.717, 1.165) is 31.3 Å². The standard InChI is InChI=1S/C20H22N4O4/c1-28-14-6-4-5-12(7-10-23-8-2-3-9-23)17(14)24-15(25)11-13-16(18(24)21)20(27)22-19(13)26/h4-6,11H,2-3,7-10,21H2,1H3,(H,22,26,27). The number of nitrogens with zero attached hydrogens (tertiary/aromatic N) is 2. The number of likely N-dealkylation sites (tertiary alicyclic amines) is 1. The molecule has 0 spiro atoms. The van der Waals surface area contributed by atoms with Crippen molar-refractivity contribution in [2.45, 2.75) is 19.3 Å². The molecule has 2 aliphatic heterocycles. The van der Waals surface area contributed by atoms with E-state index in [2.05, 4.69) is 10.2 Å². The van der Waals surface area contributed by atoms with Gasteiger partial charge in [-0.15, -0.1) is 0 Å². The molecule has 1 aromatic heterocycles. The number of aromatic nitrogens is 1. The van der Waals surface area contributed by atoms with Gasteiger partial charge in [0.25, 0.3) is 17.4 Å². The van der Waals surface area contributed by atoms with Crippen molar-refractivity contribution in [1.82, 2.24) is 14.8 Å². The lowest BCUT2D eigenvalue weighted by Crippen LogP contribution is -2.27. The number of anilines is 1. The van der Waals surface area contributed by atoms with Crippen molar-refractivity contribution in [3.05, 3.63) is 51.3 Å². The van der Waals surface area contributed by atoms with E-state index in [4.69, 9.17) is 10.5 Å². The number of nitrogens with one attached hydrogen (secondary N) is 1. The lowest BCUT2D eigenvalue weighted by molar-refractivity contribution is 0.0880. The topological polar surface area (TPSA) is 107 Å². The second kappa shape index (κ2) is 7.12. The van der Waals surface area contributed by atoms with Gasteiger partial charge in [0, 0.05) is 12.6 Å². The molecule has 4 rings (SSSR count). The number of para-hydroxylation sites is 1. The Kier molecular flexibility index (Phi) is 4.64. The van der Waals surface area contributed by atoms with Crippen molar-refractivity contribution in [2.24, 2.45) is 0 Å². The first kappa shape index (κ1) is 18.2. The summed E-state index contributed by atoms with van der Waals surface area (Å²) >= 11 is 0. The van der Waals surface area contributed by atoms with Crippen LogP contribution in [0.2, 0.25) is 0 Å². The lowest BCUT2D eigenvalue weighted by atomic mass is 10.1. The number of hydrogen-bond acceptors (Lipinski definition) is 6. The van der Waals surface area contributed by atoms with Gasteiger partial charge in [-0.05, 0) is 44.0 Å². The van der Waals surface area contributed by atoms with Crippen molar-refractivity contribution in [3.8, 4) is 11.4 Å². The van der Waals surface area contributed by atoms with Crippen LogP contribution in [0.3, 0.4) is 0 Å². The minimum atomic E-state index is -0.606. The average molecular weight is 382 g/mol. The van der Waals surface area contributed by atoms with Gasteiger partial charge in [-0.2, -0.15) is 0 Å². The number of carbonyl (C=O) groups excluding carboxylic acids is 2. The second-order valence-electron chi connectivity index (χ2n) is 7.04. The molecule has 0 atom stereocenters. The van der Waals surface area contributed by atoms with Crippen LogP contribution in [0.25, 0.3) is 5.69 Å². The predicted molar refractivity (Wildman–Crippen MR) is 104 cm³/mol. The van der Waals surface area contributed by atoms with E-state index in [0.29, 0.717) is 17.9 Å². The molecule has 2 amide bonds. The quantitative estimate of drug-likeness (QED) is 0.746. The maximum atomic E-state index is 12.9. The summed E-state index contributed by atoms with van der Waals surface area (Å²) in [7, 11) is 1.52. The van der Waals surface area contributed by atoms with Crippen molar-refractivity contribution >= 4 is 17.6 Å². The first-order valence-electron chi connectivity index (χ1n) is 9.31. The second-order valence-corrected chi connectivity index (χ2v) is 7.04. The molecule has 146 valence electrons. The van der Waals surface area contributed by atoms with Crippen LogP contribution in [-0.4, -0.2) is 48.0 Å². The van der Waals surface area contributed by atoms with Gasteiger partial charge in [0.05, 0.1) is 23.9 Å². The highest BCUT2D eigenvalue weighted by Gasteiger charge is 2.32. The maximum absolute atomic E-state index is 12.9. The monoisotopic (exact) mass is 382 g/mol. The highest BCUT2D eigenvalue weighted by molar-refractivity contribution is 6.23. The van der Waals surface area contributed by atoms with Crippen LogP contribution >= 0.6 is 0 Å². The number of pyridine rings is 1. The molecular formula is C20H22N4O4. The van der Waals surface area contributed by atoms with Crippen molar-refractivity contribution in [2.75, 3.05) is 32.5 Å². The van der Waals surface area contributed by atoms with Crippen LogP contribution in [0.1, 0.15) is 39.1 Å². The van der Waals surface area contributed by atoms with Gasteiger partial charge in [0.1, 0.15) is 11.6 Å². The molecule has 0 saturated carbocycles. The molecular weight excluding hydrogens is 360 g/mol. The summed E-state index contributed by atoms with van der Waals surface area (Å²) in [6.45, 7) is 3.00. The van der Waals surface area contributed by atoms with E-state index in [9.17, 15) is 14.4 Å². The Balaban J connectivity index is 1.85. The average Bonchev–Trinajstić information content (AvgIpc) is 3.28. The Morgan fingerprint density at radius 2 is 1.89 bits per heavy atom. The number of ether oxygens (including phenoxy) is 1. The number of carbonyl (C=O) groups is 2. The van der Waals surface area contributed by atoms with Gasteiger partial charge in [0.15, 0.2) is 0 Å². The SMILES string of the molecule is COc1cccc(CCN2CCCC2)c1-n1c(N)c2c(cc1=O)C(=O)NC2=O. The van der Waals surface area contributed by atoms with Crippen molar-refractivity contribution in [1.29, 1.82) is 0 Å². The van der Waals surface area contributed by atoms with Crippen LogP contribution in [0, 0.1) is 0 Å². The number of nitrogens with two attached hydrogens (primary N) is 1. The molecule has 8 nitrogen and oxygen atoms in total. The molecule has 1 saturated heterocycles. The van der Waals surface area contributed by atoms with Gasteiger partial charge >= 0.3 is 0 Å². The largest absolute Gasteiger partial charge is 0.495 e. The molecule has 0 unspecified atom stereocenters. The first-order valence-corrected chi connectivity index (χ1v) is 9.31. The molecule has 3 heterocycles. The van der Waals surface area contributed by atoms with Gasteiger partial charge in [-0.3, -0.25) is 24.3 Å². The normalized spacial score (nSPS) is 16.3. The fourth-order valence-electron chi connectivity index (χ4n) is 3.98. The van der Waals surface area contributed by atoms with E-state index in [1.54, 1.807) is 6.07 Å². The highest BCUT2D eigenvalue weighted by atomic mass is 16.5. The van der Waals surface area contributed by atoms with E-state index in [1.807, 2.05) is 12.1 Å². The van der Waals surface area contributed by atoms with Crippen molar-refractivity contribution in [3.63, 3.8) is 0 Å². The third kappa shape index (κ3) is 2.95. The minimum absolute atomic E-state index is 0.0114.